The maximum atomic E-state index is 4.14. The number of nitrogens with one attached hydrogen (secondary N) is 2. The third kappa shape index (κ3) is 7.14. The first-order chi connectivity index (χ1) is 7.51. The number of hydrogen-bond acceptors (Lipinski definition) is 3. The van der Waals surface area contributed by atoms with E-state index in [1.54, 1.807) is 18.1 Å². The number of nitrogens with zero attached hydrogens (tertiary/aromatic N) is 4. The number of guanidine groups is 1. The first-order valence-corrected chi connectivity index (χ1v) is 5.32. The summed E-state index contributed by atoms with van der Waals surface area (Å²) >= 11 is 0. The van der Waals surface area contributed by atoms with E-state index in [-0.39, 0.29) is 29.5 Å². The molecule has 0 aliphatic rings. The Morgan fingerprint density at radius 3 is 2.59 bits per heavy atom. The highest BCUT2D eigenvalue weighted by Gasteiger charge is 2.11. The van der Waals surface area contributed by atoms with Crippen molar-refractivity contribution >= 4 is 29.9 Å². The molecule has 0 saturated carbocycles. The molecular formula is C10H21IN6. The molecule has 0 bridgehead atoms. The van der Waals surface area contributed by atoms with Crippen LogP contribution < -0.4 is 10.6 Å². The van der Waals surface area contributed by atoms with Gasteiger partial charge in [0.05, 0.1) is 6.54 Å². The maximum absolute atomic E-state index is 4.14. The van der Waals surface area contributed by atoms with Crippen LogP contribution in [0.2, 0.25) is 0 Å². The van der Waals surface area contributed by atoms with Gasteiger partial charge in [-0.15, -0.1) is 24.0 Å². The molecule has 0 unspecified atom stereocenters. The summed E-state index contributed by atoms with van der Waals surface area (Å²) in [5.41, 5.74) is 0.00903. The van der Waals surface area contributed by atoms with E-state index in [0.717, 1.165) is 19.0 Å². The zero-order chi connectivity index (χ0) is 12.0. The molecule has 0 radical (unpaired) electrons. The van der Waals surface area contributed by atoms with E-state index in [0.29, 0.717) is 0 Å². The van der Waals surface area contributed by atoms with E-state index >= 15 is 0 Å². The highest BCUT2D eigenvalue weighted by atomic mass is 127. The highest BCUT2D eigenvalue weighted by Crippen LogP contribution is 1.97. The van der Waals surface area contributed by atoms with Crippen LogP contribution in [0.4, 0.5) is 0 Å². The molecule has 1 rings (SSSR count). The van der Waals surface area contributed by atoms with Crippen LogP contribution in [0, 0.1) is 0 Å². The molecule has 7 heteroatoms. The van der Waals surface area contributed by atoms with E-state index in [4.69, 9.17) is 0 Å². The fourth-order valence-corrected chi connectivity index (χ4v) is 1.17. The molecule has 0 aromatic carbocycles. The highest BCUT2D eigenvalue weighted by molar-refractivity contribution is 14.0. The molecule has 1 heterocycles. The Morgan fingerprint density at radius 1 is 1.41 bits per heavy atom. The zero-order valence-corrected chi connectivity index (χ0v) is 13.1. The second kappa shape index (κ2) is 7.46. The van der Waals surface area contributed by atoms with Gasteiger partial charge in [-0.25, -0.2) is 4.98 Å². The third-order valence-corrected chi connectivity index (χ3v) is 1.82. The maximum Gasteiger partial charge on any atom is 0.191 e. The lowest BCUT2D eigenvalue weighted by molar-refractivity contribution is 0.497. The summed E-state index contributed by atoms with van der Waals surface area (Å²) in [6, 6.07) is 0. The number of hydrogen-bond donors (Lipinski definition) is 2. The average molecular weight is 352 g/mol. The Balaban J connectivity index is 0.00000256. The van der Waals surface area contributed by atoms with Crippen molar-refractivity contribution < 1.29 is 0 Å². The molecule has 17 heavy (non-hydrogen) atoms. The van der Waals surface area contributed by atoms with Gasteiger partial charge >= 0.3 is 0 Å². The lowest BCUT2D eigenvalue weighted by Crippen LogP contribution is -2.48. The summed E-state index contributed by atoms with van der Waals surface area (Å²) < 4.78 is 1.78. The minimum atomic E-state index is 0. The largest absolute Gasteiger partial charge is 0.355 e. The molecule has 1 aromatic rings. The summed E-state index contributed by atoms with van der Waals surface area (Å²) in [6.45, 7) is 7.82. The minimum Gasteiger partial charge on any atom is -0.355 e. The Morgan fingerprint density at radius 2 is 2.12 bits per heavy atom. The topological polar surface area (TPSA) is 67.1 Å². The predicted octanol–water partition coefficient (Wildman–Crippen LogP) is 0.860. The monoisotopic (exact) mass is 352 g/mol. The molecule has 2 N–H and O–H groups in total. The summed E-state index contributed by atoms with van der Waals surface area (Å²) in [4.78, 5) is 8.02. The molecule has 0 fully saturated rings. The Kier molecular flexibility index (Phi) is 7.09. The number of aromatic nitrogens is 3. The van der Waals surface area contributed by atoms with Crippen LogP contribution >= 0.6 is 24.0 Å². The Labute approximate surface area is 119 Å². The van der Waals surface area contributed by atoms with Crippen LogP contribution in [0.15, 0.2) is 17.6 Å². The van der Waals surface area contributed by atoms with Crippen LogP contribution in [0.1, 0.15) is 20.8 Å². The molecule has 0 saturated heterocycles. The molecule has 0 spiro atoms. The van der Waals surface area contributed by atoms with Crippen LogP contribution in [0.5, 0.6) is 0 Å². The van der Waals surface area contributed by atoms with E-state index in [9.17, 15) is 0 Å². The molecule has 0 amide bonds. The van der Waals surface area contributed by atoms with Crippen molar-refractivity contribution in [3.05, 3.63) is 12.7 Å². The van der Waals surface area contributed by atoms with Crippen molar-refractivity contribution in [3.8, 4) is 0 Å². The SMILES string of the molecule is CN=C(NCCn1cncn1)NC(C)(C)C.I. The zero-order valence-electron chi connectivity index (χ0n) is 10.8. The average Bonchev–Trinajstić information content (AvgIpc) is 2.67. The van der Waals surface area contributed by atoms with Crippen LogP contribution in [0.3, 0.4) is 0 Å². The second-order valence-electron chi connectivity index (χ2n) is 4.53. The van der Waals surface area contributed by atoms with Gasteiger partial charge in [-0.05, 0) is 20.8 Å². The van der Waals surface area contributed by atoms with Crippen LogP contribution in [0.25, 0.3) is 0 Å². The summed E-state index contributed by atoms with van der Waals surface area (Å²) in [5, 5.41) is 10.5. The van der Waals surface area contributed by atoms with Gasteiger partial charge in [0, 0.05) is 19.1 Å². The van der Waals surface area contributed by atoms with Crippen molar-refractivity contribution in [1.82, 2.24) is 25.4 Å². The number of halogens is 1. The quantitative estimate of drug-likeness (QED) is 0.481. The molecule has 98 valence electrons. The van der Waals surface area contributed by atoms with Crippen LogP contribution in [-0.4, -0.2) is 39.9 Å². The van der Waals surface area contributed by atoms with Gasteiger partial charge in [0.1, 0.15) is 12.7 Å². The van der Waals surface area contributed by atoms with Gasteiger partial charge in [0.15, 0.2) is 5.96 Å². The molecule has 6 nitrogen and oxygen atoms in total. The van der Waals surface area contributed by atoms with Crippen molar-refractivity contribution in [2.75, 3.05) is 13.6 Å². The van der Waals surface area contributed by atoms with Gasteiger partial charge in [0.2, 0.25) is 0 Å². The first-order valence-electron chi connectivity index (χ1n) is 5.32. The fourth-order valence-electron chi connectivity index (χ4n) is 1.17. The van der Waals surface area contributed by atoms with E-state index in [2.05, 4.69) is 46.5 Å². The predicted molar refractivity (Wildman–Crippen MR) is 79.7 cm³/mol. The fraction of sp³-hybridized carbons (Fsp3) is 0.700. The van der Waals surface area contributed by atoms with Crippen molar-refractivity contribution in [3.63, 3.8) is 0 Å². The summed E-state index contributed by atoms with van der Waals surface area (Å²) in [7, 11) is 1.76. The second-order valence-corrected chi connectivity index (χ2v) is 4.53. The minimum absolute atomic E-state index is 0. The third-order valence-electron chi connectivity index (χ3n) is 1.82. The molecule has 1 aromatic heterocycles. The van der Waals surface area contributed by atoms with E-state index in [1.165, 1.54) is 6.33 Å². The van der Waals surface area contributed by atoms with Gasteiger partial charge in [-0.1, -0.05) is 0 Å². The Hall–Kier alpha value is -0.860. The lowest BCUT2D eigenvalue weighted by atomic mass is 10.1. The number of aliphatic imine (C=N–C) groups is 1. The molecular weight excluding hydrogens is 331 g/mol. The standard InChI is InChI=1S/C10H20N6.HI/c1-10(2,3)15-9(11-4)13-5-6-16-8-12-7-14-16;/h7-8H,5-6H2,1-4H3,(H2,11,13,15);1H. The first kappa shape index (κ1) is 16.1. The van der Waals surface area contributed by atoms with E-state index < -0.39 is 0 Å². The molecule has 0 aliphatic heterocycles. The normalized spacial score (nSPS) is 11.9. The molecule has 0 atom stereocenters. The van der Waals surface area contributed by atoms with Crippen molar-refractivity contribution in [2.24, 2.45) is 4.99 Å². The van der Waals surface area contributed by atoms with Crippen molar-refractivity contribution in [1.29, 1.82) is 0 Å². The van der Waals surface area contributed by atoms with Gasteiger partial charge in [-0.3, -0.25) is 9.67 Å². The number of rotatable bonds is 3. The van der Waals surface area contributed by atoms with Gasteiger partial charge in [0.25, 0.3) is 0 Å². The van der Waals surface area contributed by atoms with E-state index in [1.807, 2.05) is 0 Å². The van der Waals surface area contributed by atoms with Crippen LogP contribution in [-0.2, 0) is 6.54 Å². The Bertz CT molecular complexity index is 327. The molecule has 0 aliphatic carbocycles. The lowest BCUT2D eigenvalue weighted by Gasteiger charge is -2.23. The van der Waals surface area contributed by atoms with Crippen molar-refractivity contribution in [2.45, 2.75) is 32.9 Å². The van der Waals surface area contributed by atoms with Gasteiger partial charge in [-0.2, -0.15) is 5.10 Å². The summed E-state index contributed by atoms with van der Waals surface area (Å²) in [5.74, 6) is 0.799. The smallest absolute Gasteiger partial charge is 0.191 e. The summed E-state index contributed by atoms with van der Waals surface area (Å²) in [6.07, 6.45) is 3.23. The van der Waals surface area contributed by atoms with Gasteiger partial charge < -0.3 is 10.6 Å².